The largest absolute Gasteiger partial charge is 0.456 e. The summed E-state index contributed by atoms with van der Waals surface area (Å²) in [5.41, 5.74) is 1.79. The molecule has 0 radical (unpaired) electrons. The molecule has 3 heterocycles. The molecule has 3 aromatic rings. The maximum atomic E-state index is 13.4. The van der Waals surface area contributed by atoms with Crippen molar-refractivity contribution in [3.63, 3.8) is 0 Å². The van der Waals surface area contributed by atoms with Crippen LogP contribution in [0, 0.1) is 5.82 Å². The van der Waals surface area contributed by atoms with Gasteiger partial charge in [0.1, 0.15) is 17.2 Å². The predicted octanol–water partition coefficient (Wildman–Crippen LogP) is 2.79. The lowest BCUT2D eigenvalue weighted by Gasteiger charge is -2.33. The van der Waals surface area contributed by atoms with Crippen molar-refractivity contribution in [1.82, 2.24) is 10.3 Å². The Morgan fingerprint density at radius 1 is 1.28 bits per heavy atom. The van der Waals surface area contributed by atoms with Gasteiger partial charge in [-0.05, 0) is 31.2 Å². The number of pyridine rings is 1. The van der Waals surface area contributed by atoms with E-state index in [1.165, 1.54) is 18.3 Å². The lowest BCUT2D eigenvalue weighted by atomic mass is 10.1. The average Bonchev–Trinajstić information content (AvgIpc) is 2.61. The van der Waals surface area contributed by atoms with Gasteiger partial charge in [0.2, 0.25) is 0 Å². The molecular formula is C19H18FN3O2. The Hall–Kier alpha value is -2.73. The Morgan fingerprint density at radius 2 is 2.16 bits per heavy atom. The number of anilines is 1. The summed E-state index contributed by atoms with van der Waals surface area (Å²) in [7, 11) is 0. The summed E-state index contributed by atoms with van der Waals surface area (Å²) < 4.78 is 19.2. The molecule has 1 aromatic carbocycles. The van der Waals surface area contributed by atoms with Crippen molar-refractivity contribution in [2.24, 2.45) is 0 Å². The van der Waals surface area contributed by atoms with Crippen molar-refractivity contribution in [3.8, 4) is 11.3 Å². The van der Waals surface area contributed by atoms with E-state index in [9.17, 15) is 9.18 Å². The van der Waals surface area contributed by atoms with E-state index in [-0.39, 0.29) is 5.43 Å². The molecule has 0 bridgehead atoms. The van der Waals surface area contributed by atoms with Crippen LogP contribution in [-0.2, 0) is 0 Å². The van der Waals surface area contributed by atoms with Crippen LogP contribution in [0.2, 0.25) is 0 Å². The Bertz CT molecular complexity index is 986. The second-order valence-corrected chi connectivity index (χ2v) is 6.35. The first-order chi connectivity index (χ1) is 12.1. The summed E-state index contributed by atoms with van der Waals surface area (Å²) in [5.74, 6) is -0.156. The number of benzene rings is 1. The van der Waals surface area contributed by atoms with Crippen LogP contribution in [0.1, 0.15) is 6.92 Å². The van der Waals surface area contributed by atoms with Gasteiger partial charge in [-0.2, -0.15) is 0 Å². The SMILES string of the molecule is CC1CN(c2ccc3oc(-c4cncc(F)c4)cc(=O)c3c2)CCN1. The second-order valence-electron chi connectivity index (χ2n) is 6.35. The van der Waals surface area contributed by atoms with Gasteiger partial charge in [-0.15, -0.1) is 0 Å². The molecule has 0 amide bonds. The van der Waals surface area contributed by atoms with Gasteiger partial charge in [-0.25, -0.2) is 4.39 Å². The normalized spacial score (nSPS) is 17.8. The molecule has 0 spiro atoms. The Morgan fingerprint density at radius 3 is 2.96 bits per heavy atom. The Balaban J connectivity index is 1.76. The smallest absolute Gasteiger partial charge is 0.193 e. The number of hydrogen-bond donors (Lipinski definition) is 1. The summed E-state index contributed by atoms with van der Waals surface area (Å²) in [6.45, 7) is 4.85. The number of halogens is 1. The number of hydrogen-bond acceptors (Lipinski definition) is 5. The first-order valence-corrected chi connectivity index (χ1v) is 8.27. The van der Waals surface area contributed by atoms with Gasteiger partial charge in [0.15, 0.2) is 5.43 Å². The minimum absolute atomic E-state index is 0.148. The maximum absolute atomic E-state index is 13.4. The molecule has 1 unspecified atom stereocenters. The highest BCUT2D eigenvalue weighted by atomic mass is 19.1. The molecule has 0 aliphatic carbocycles. The monoisotopic (exact) mass is 339 g/mol. The van der Waals surface area contributed by atoms with Crippen LogP contribution in [0.3, 0.4) is 0 Å². The summed E-state index contributed by atoms with van der Waals surface area (Å²) in [6, 6.07) is 8.72. The third-order valence-electron chi connectivity index (χ3n) is 4.43. The Labute approximate surface area is 144 Å². The van der Waals surface area contributed by atoms with Gasteiger partial charge >= 0.3 is 0 Å². The van der Waals surface area contributed by atoms with Crippen LogP contribution in [-0.4, -0.2) is 30.7 Å². The fraction of sp³-hybridized carbons (Fsp3) is 0.263. The summed E-state index contributed by atoms with van der Waals surface area (Å²) in [5, 5.41) is 3.93. The van der Waals surface area contributed by atoms with Gasteiger partial charge in [0.05, 0.1) is 11.6 Å². The molecule has 4 rings (SSSR count). The zero-order valence-corrected chi connectivity index (χ0v) is 13.8. The zero-order chi connectivity index (χ0) is 17.4. The molecule has 1 aliphatic heterocycles. The van der Waals surface area contributed by atoms with E-state index >= 15 is 0 Å². The molecule has 1 atom stereocenters. The zero-order valence-electron chi connectivity index (χ0n) is 13.8. The van der Waals surface area contributed by atoms with Crippen molar-refractivity contribution in [3.05, 3.63) is 58.8 Å². The van der Waals surface area contributed by atoms with Crippen molar-refractivity contribution in [2.75, 3.05) is 24.5 Å². The van der Waals surface area contributed by atoms with Crippen molar-refractivity contribution < 1.29 is 8.81 Å². The summed E-state index contributed by atoms with van der Waals surface area (Å²) in [4.78, 5) is 18.6. The summed E-state index contributed by atoms with van der Waals surface area (Å²) in [6.07, 6.45) is 2.59. The molecule has 6 heteroatoms. The predicted molar refractivity (Wildman–Crippen MR) is 95.4 cm³/mol. The van der Waals surface area contributed by atoms with Gasteiger partial charge in [-0.1, -0.05) is 0 Å². The molecule has 1 fully saturated rings. The average molecular weight is 339 g/mol. The van der Waals surface area contributed by atoms with Gasteiger partial charge in [-0.3, -0.25) is 9.78 Å². The van der Waals surface area contributed by atoms with E-state index in [1.54, 1.807) is 6.07 Å². The highest BCUT2D eigenvalue weighted by Crippen LogP contribution is 2.25. The molecule has 25 heavy (non-hydrogen) atoms. The Kier molecular flexibility index (Phi) is 3.97. The van der Waals surface area contributed by atoms with Gasteiger partial charge < -0.3 is 14.6 Å². The minimum Gasteiger partial charge on any atom is -0.456 e. The molecule has 128 valence electrons. The molecular weight excluding hydrogens is 321 g/mol. The van der Waals surface area contributed by atoms with Crippen molar-refractivity contribution >= 4 is 16.7 Å². The third kappa shape index (κ3) is 3.13. The van der Waals surface area contributed by atoms with E-state index in [0.717, 1.165) is 31.5 Å². The first kappa shape index (κ1) is 15.8. The van der Waals surface area contributed by atoms with E-state index in [4.69, 9.17) is 4.42 Å². The van der Waals surface area contributed by atoms with Crippen LogP contribution in [0.15, 0.2) is 51.9 Å². The molecule has 5 nitrogen and oxygen atoms in total. The highest BCUT2D eigenvalue weighted by Gasteiger charge is 2.17. The molecule has 1 saturated heterocycles. The fourth-order valence-electron chi connectivity index (χ4n) is 3.20. The van der Waals surface area contributed by atoms with Crippen LogP contribution >= 0.6 is 0 Å². The quantitative estimate of drug-likeness (QED) is 0.778. The molecule has 0 saturated carbocycles. The standard InChI is InChI=1S/C19H18FN3O2/c1-12-11-23(5-4-22-12)15-2-3-18-16(7-15)17(24)8-19(25-18)13-6-14(20)10-21-9-13/h2-3,6-10,12,22H,4-5,11H2,1H3. The number of rotatable bonds is 2. The highest BCUT2D eigenvalue weighted by molar-refractivity contribution is 5.82. The van der Waals surface area contributed by atoms with Crippen LogP contribution in [0.5, 0.6) is 0 Å². The first-order valence-electron chi connectivity index (χ1n) is 8.27. The molecule has 1 aliphatic rings. The molecule has 2 aromatic heterocycles. The van der Waals surface area contributed by atoms with Gasteiger partial charge in [0.25, 0.3) is 0 Å². The minimum atomic E-state index is -0.469. The topological polar surface area (TPSA) is 58.4 Å². The maximum Gasteiger partial charge on any atom is 0.193 e. The number of nitrogens with zero attached hydrogens (tertiary/aromatic N) is 2. The van der Waals surface area contributed by atoms with Crippen LogP contribution in [0.25, 0.3) is 22.3 Å². The van der Waals surface area contributed by atoms with Crippen LogP contribution < -0.4 is 15.6 Å². The number of fused-ring (bicyclic) bond motifs is 1. The van der Waals surface area contributed by atoms with Crippen molar-refractivity contribution in [2.45, 2.75) is 13.0 Å². The number of piperazine rings is 1. The van der Waals surface area contributed by atoms with Crippen molar-refractivity contribution in [1.29, 1.82) is 0 Å². The van der Waals surface area contributed by atoms with E-state index < -0.39 is 5.82 Å². The summed E-state index contributed by atoms with van der Waals surface area (Å²) >= 11 is 0. The third-order valence-corrected chi connectivity index (χ3v) is 4.43. The fourth-order valence-corrected chi connectivity index (χ4v) is 3.20. The van der Waals surface area contributed by atoms with Gasteiger partial charge in [0, 0.05) is 49.2 Å². The van der Waals surface area contributed by atoms with E-state index in [2.05, 4.69) is 22.1 Å². The number of aromatic nitrogens is 1. The van der Waals surface area contributed by atoms with E-state index in [0.29, 0.717) is 28.3 Å². The second kappa shape index (κ2) is 6.29. The lowest BCUT2D eigenvalue weighted by molar-refractivity contribution is 0.485. The lowest BCUT2D eigenvalue weighted by Crippen LogP contribution is -2.49. The van der Waals surface area contributed by atoms with E-state index in [1.807, 2.05) is 12.1 Å². The number of nitrogens with one attached hydrogen (secondary N) is 1. The van der Waals surface area contributed by atoms with Crippen LogP contribution in [0.4, 0.5) is 10.1 Å². The molecule has 1 N–H and O–H groups in total.